The zero-order valence-electron chi connectivity index (χ0n) is 19.0. The highest BCUT2D eigenvalue weighted by molar-refractivity contribution is 5.80. The van der Waals surface area contributed by atoms with E-state index >= 15 is 0 Å². The molecule has 0 radical (unpaired) electrons. The summed E-state index contributed by atoms with van der Waals surface area (Å²) in [4.78, 5) is 11.4. The molecule has 168 valence electrons. The van der Waals surface area contributed by atoms with Gasteiger partial charge in [0, 0.05) is 51.1 Å². The number of methoxy groups -OCH3 is 2. The average Bonchev–Trinajstić information content (AvgIpc) is 3.50. The molecule has 2 aromatic carbocycles. The molecule has 0 bridgehead atoms. The Hall–Kier alpha value is -3.48. The number of aromatic nitrogens is 2. The van der Waals surface area contributed by atoms with Crippen molar-refractivity contribution in [3.05, 3.63) is 77.9 Å². The third-order valence-electron chi connectivity index (χ3n) is 5.95. The first-order chi connectivity index (χ1) is 15.7. The molecule has 1 aliphatic heterocycles. The van der Waals surface area contributed by atoms with Crippen molar-refractivity contribution in [3.8, 4) is 11.5 Å². The molecule has 1 aromatic heterocycles. The Morgan fingerprint density at radius 2 is 1.88 bits per heavy atom. The predicted molar refractivity (Wildman–Crippen MR) is 126 cm³/mol. The zero-order chi connectivity index (χ0) is 22.3. The van der Waals surface area contributed by atoms with Gasteiger partial charge >= 0.3 is 0 Å². The minimum Gasteiger partial charge on any atom is -0.497 e. The lowest BCUT2D eigenvalue weighted by Crippen LogP contribution is -2.40. The number of nitrogens with one attached hydrogen (secondary N) is 1. The third kappa shape index (κ3) is 5.04. The SMILES string of the molecule is CN=C(NCc1nccn1Cc1ccccc1)N1CCC(c2cc(OC)cc(OC)c2)C1. The van der Waals surface area contributed by atoms with Gasteiger partial charge in [-0.25, -0.2) is 4.98 Å². The van der Waals surface area contributed by atoms with Gasteiger partial charge in [0.2, 0.25) is 0 Å². The number of hydrogen-bond acceptors (Lipinski definition) is 4. The maximum absolute atomic E-state index is 5.45. The van der Waals surface area contributed by atoms with E-state index in [1.807, 2.05) is 31.6 Å². The average molecular weight is 434 g/mol. The number of hydrogen-bond donors (Lipinski definition) is 1. The van der Waals surface area contributed by atoms with Crippen LogP contribution in [-0.2, 0) is 13.1 Å². The third-order valence-corrected chi connectivity index (χ3v) is 5.95. The summed E-state index contributed by atoms with van der Waals surface area (Å²) >= 11 is 0. The Kier molecular flexibility index (Phi) is 6.94. The van der Waals surface area contributed by atoms with Crippen LogP contribution in [0.5, 0.6) is 11.5 Å². The topological polar surface area (TPSA) is 63.9 Å². The molecule has 1 atom stereocenters. The first-order valence-electron chi connectivity index (χ1n) is 10.9. The van der Waals surface area contributed by atoms with Crippen LogP contribution in [0.2, 0.25) is 0 Å². The van der Waals surface area contributed by atoms with Crippen LogP contribution in [0.15, 0.2) is 65.9 Å². The molecule has 1 N–H and O–H groups in total. The van der Waals surface area contributed by atoms with Crippen LogP contribution in [-0.4, -0.2) is 54.8 Å². The Balaban J connectivity index is 1.38. The van der Waals surface area contributed by atoms with E-state index in [1.54, 1.807) is 14.2 Å². The molecule has 1 fully saturated rings. The highest BCUT2D eigenvalue weighted by atomic mass is 16.5. The first-order valence-corrected chi connectivity index (χ1v) is 10.9. The maximum Gasteiger partial charge on any atom is 0.194 e. The van der Waals surface area contributed by atoms with Crippen molar-refractivity contribution in [2.24, 2.45) is 4.99 Å². The number of ether oxygens (including phenoxy) is 2. The second kappa shape index (κ2) is 10.2. The highest BCUT2D eigenvalue weighted by Gasteiger charge is 2.27. The van der Waals surface area contributed by atoms with E-state index in [0.29, 0.717) is 12.5 Å². The van der Waals surface area contributed by atoms with Crippen LogP contribution >= 0.6 is 0 Å². The van der Waals surface area contributed by atoms with Crippen molar-refractivity contribution in [1.29, 1.82) is 0 Å². The summed E-state index contributed by atoms with van der Waals surface area (Å²) < 4.78 is 13.1. The molecule has 0 spiro atoms. The molecule has 32 heavy (non-hydrogen) atoms. The standard InChI is InChI=1S/C25H31N5O2/c1-26-25(28-16-24-27-10-12-29(24)17-19-7-5-4-6-8-19)30-11-9-20(18-30)21-13-22(31-2)15-23(14-21)32-3/h4-8,10,12-15,20H,9,11,16-18H2,1-3H3,(H,26,28). The second-order valence-electron chi connectivity index (χ2n) is 7.94. The van der Waals surface area contributed by atoms with Crippen LogP contribution in [0.25, 0.3) is 0 Å². The fourth-order valence-electron chi connectivity index (χ4n) is 4.21. The molecule has 4 rings (SSSR count). The van der Waals surface area contributed by atoms with E-state index in [2.05, 4.69) is 61.2 Å². The lowest BCUT2D eigenvalue weighted by molar-refractivity contribution is 0.392. The molecular formula is C25H31N5O2. The Bertz CT molecular complexity index is 1030. The fraction of sp³-hybridized carbons (Fsp3) is 0.360. The van der Waals surface area contributed by atoms with E-state index in [-0.39, 0.29) is 0 Å². The Labute approximate surface area is 189 Å². The number of benzene rings is 2. The molecule has 7 heteroatoms. The quantitative estimate of drug-likeness (QED) is 0.456. The van der Waals surface area contributed by atoms with Gasteiger partial charge in [-0.15, -0.1) is 0 Å². The van der Waals surface area contributed by atoms with E-state index in [0.717, 1.165) is 49.3 Å². The minimum atomic E-state index is 0.401. The fourth-order valence-corrected chi connectivity index (χ4v) is 4.21. The van der Waals surface area contributed by atoms with Gasteiger partial charge < -0.3 is 24.3 Å². The van der Waals surface area contributed by atoms with Crippen LogP contribution in [0.3, 0.4) is 0 Å². The number of nitrogens with zero attached hydrogens (tertiary/aromatic N) is 4. The van der Waals surface area contributed by atoms with Crippen LogP contribution in [0, 0.1) is 0 Å². The van der Waals surface area contributed by atoms with Crippen molar-refractivity contribution < 1.29 is 9.47 Å². The largest absolute Gasteiger partial charge is 0.497 e. The molecule has 0 amide bonds. The summed E-state index contributed by atoms with van der Waals surface area (Å²) in [5.41, 5.74) is 2.49. The van der Waals surface area contributed by atoms with Gasteiger partial charge in [0.25, 0.3) is 0 Å². The molecule has 7 nitrogen and oxygen atoms in total. The summed E-state index contributed by atoms with van der Waals surface area (Å²) in [5, 5.41) is 3.50. The van der Waals surface area contributed by atoms with Gasteiger partial charge in [-0.1, -0.05) is 30.3 Å². The van der Waals surface area contributed by atoms with Crippen molar-refractivity contribution in [2.75, 3.05) is 34.4 Å². The molecular weight excluding hydrogens is 402 g/mol. The Morgan fingerprint density at radius 3 is 2.56 bits per heavy atom. The monoisotopic (exact) mass is 433 g/mol. The van der Waals surface area contributed by atoms with Crippen molar-refractivity contribution in [3.63, 3.8) is 0 Å². The second-order valence-corrected chi connectivity index (χ2v) is 7.94. The summed E-state index contributed by atoms with van der Waals surface area (Å²) in [6.07, 6.45) is 4.93. The van der Waals surface area contributed by atoms with Gasteiger partial charge in [-0.05, 0) is 29.7 Å². The lowest BCUT2D eigenvalue weighted by atomic mass is 9.98. The predicted octanol–water partition coefficient (Wildman–Crippen LogP) is 3.51. The molecule has 1 aliphatic rings. The van der Waals surface area contributed by atoms with Gasteiger partial charge in [0.1, 0.15) is 17.3 Å². The Morgan fingerprint density at radius 1 is 1.12 bits per heavy atom. The maximum atomic E-state index is 5.45. The molecule has 2 heterocycles. The normalized spacial score (nSPS) is 16.3. The first kappa shape index (κ1) is 21.7. The number of rotatable bonds is 7. The summed E-state index contributed by atoms with van der Waals surface area (Å²) in [6.45, 7) is 3.28. The van der Waals surface area contributed by atoms with Crippen LogP contribution in [0.4, 0.5) is 0 Å². The van der Waals surface area contributed by atoms with Gasteiger partial charge in [0.05, 0.1) is 20.8 Å². The van der Waals surface area contributed by atoms with E-state index in [9.17, 15) is 0 Å². The number of likely N-dealkylation sites (tertiary alicyclic amines) is 1. The molecule has 0 aliphatic carbocycles. The van der Waals surface area contributed by atoms with Gasteiger partial charge in [-0.3, -0.25) is 4.99 Å². The van der Waals surface area contributed by atoms with Crippen LogP contribution < -0.4 is 14.8 Å². The van der Waals surface area contributed by atoms with Gasteiger partial charge in [-0.2, -0.15) is 0 Å². The summed E-state index contributed by atoms with van der Waals surface area (Å²) in [5.74, 6) is 3.94. The van der Waals surface area contributed by atoms with Crippen LogP contribution in [0.1, 0.15) is 29.3 Å². The highest BCUT2D eigenvalue weighted by Crippen LogP contribution is 2.32. The number of aliphatic imine (C=N–C) groups is 1. The van der Waals surface area contributed by atoms with E-state index < -0.39 is 0 Å². The minimum absolute atomic E-state index is 0.401. The molecule has 1 saturated heterocycles. The van der Waals surface area contributed by atoms with Gasteiger partial charge in [0.15, 0.2) is 5.96 Å². The van der Waals surface area contributed by atoms with Crippen molar-refractivity contribution in [1.82, 2.24) is 19.8 Å². The molecule has 3 aromatic rings. The smallest absolute Gasteiger partial charge is 0.194 e. The summed E-state index contributed by atoms with van der Waals surface area (Å²) in [6, 6.07) is 16.5. The van der Waals surface area contributed by atoms with Crippen molar-refractivity contribution in [2.45, 2.75) is 25.4 Å². The lowest BCUT2D eigenvalue weighted by Gasteiger charge is -2.22. The summed E-state index contributed by atoms with van der Waals surface area (Å²) in [7, 11) is 5.21. The number of imidazole rings is 1. The molecule has 1 unspecified atom stereocenters. The van der Waals surface area contributed by atoms with E-state index in [4.69, 9.17) is 9.47 Å². The van der Waals surface area contributed by atoms with E-state index in [1.165, 1.54) is 11.1 Å². The number of guanidine groups is 1. The molecule has 0 saturated carbocycles. The zero-order valence-corrected chi connectivity index (χ0v) is 19.0. The van der Waals surface area contributed by atoms with Crippen molar-refractivity contribution >= 4 is 5.96 Å².